The van der Waals surface area contributed by atoms with Crippen LogP contribution in [0.15, 0.2) is 36.4 Å². The molecule has 0 aliphatic carbocycles. The van der Waals surface area contributed by atoms with Crippen LogP contribution in [0.2, 0.25) is 0 Å². The molecule has 4 nitrogen and oxygen atoms in total. The van der Waals surface area contributed by atoms with Gasteiger partial charge in [-0.15, -0.1) is 0 Å². The van der Waals surface area contributed by atoms with E-state index in [4.69, 9.17) is 0 Å². The summed E-state index contributed by atoms with van der Waals surface area (Å²) >= 11 is 0. The van der Waals surface area contributed by atoms with Gasteiger partial charge in [0.25, 0.3) is 22.4 Å². The average Bonchev–Trinajstić information content (AvgIpc) is 2.89. The SMILES string of the molecule is OC(c1cc(-c2cc(C(O)(C(F)(F)F)C(F)(F)F)cc(C(O)(C(F)(F)F)C(F)(F)F)c2)cc(C(O)(C(F)(F)F)C(F)(F)F)c1)(C(F)(F)F)C(F)(F)F. The van der Waals surface area contributed by atoms with E-state index in [1.54, 1.807) is 0 Å². The number of hydrogen-bond donors (Lipinski definition) is 4. The highest BCUT2D eigenvalue weighted by Crippen LogP contribution is 2.57. The molecule has 52 heavy (non-hydrogen) atoms. The summed E-state index contributed by atoms with van der Waals surface area (Å²) in [6.07, 6.45) is -58.9. The molecule has 0 spiro atoms. The van der Waals surface area contributed by atoms with E-state index in [-0.39, 0.29) is 0 Å². The summed E-state index contributed by atoms with van der Waals surface area (Å²) in [5, 5.41) is 38.6. The van der Waals surface area contributed by atoms with E-state index in [0.717, 1.165) is 0 Å². The molecule has 0 aliphatic heterocycles. The van der Waals surface area contributed by atoms with Crippen molar-refractivity contribution in [3.05, 3.63) is 58.7 Å². The molecule has 0 atom stereocenters. The molecule has 0 aliphatic rings. The predicted octanol–water partition coefficient (Wildman–Crippen LogP) is 8.60. The van der Waals surface area contributed by atoms with E-state index in [9.17, 15) is 126 Å². The smallest absolute Gasteiger partial charge is 0.369 e. The van der Waals surface area contributed by atoms with Gasteiger partial charge in [0, 0.05) is 22.3 Å². The minimum absolute atomic E-state index is 1.22. The lowest BCUT2D eigenvalue weighted by Gasteiger charge is -2.37. The molecule has 0 heterocycles. The second kappa shape index (κ2) is 12.1. The molecule has 2 aromatic rings. The van der Waals surface area contributed by atoms with E-state index >= 15 is 0 Å². The van der Waals surface area contributed by atoms with Crippen LogP contribution in [-0.2, 0) is 22.4 Å². The molecule has 0 saturated carbocycles. The molecule has 0 amide bonds. The molecule has 0 unspecified atom stereocenters. The van der Waals surface area contributed by atoms with Crippen molar-refractivity contribution in [2.24, 2.45) is 0 Å². The van der Waals surface area contributed by atoms with Crippen molar-refractivity contribution in [3.63, 3.8) is 0 Å². The first-order chi connectivity index (χ1) is 22.4. The van der Waals surface area contributed by atoms with Gasteiger partial charge in [-0.05, 0) is 47.5 Å². The summed E-state index contributed by atoms with van der Waals surface area (Å²) in [7, 11) is 0. The van der Waals surface area contributed by atoms with Crippen molar-refractivity contribution >= 4 is 0 Å². The Bertz CT molecular complexity index is 1340. The van der Waals surface area contributed by atoms with Crippen molar-refractivity contribution < 1.29 is 126 Å². The maximum absolute atomic E-state index is 13.6. The Morgan fingerprint density at radius 1 is 0.231 bits per heavy atom. The van der Waals surface area contributed by atoms with Gasteiger partial charge in [-0.1, -0.05) is 0 Å². The summed E-state index contributed by atoms with van der Waals surface area (Å²) in [5.74, 6) is 0. The van der Waals surface area contributed by atoms with Crippen LogP contribution in [0.3, 0.4) is 0 Å². The van der Waals surface area contributed by atoms with Gasteiger partial charge in [0.15, 0.2) is 0 Å². The summed E-state index contributed by atoms with van der Waals surface area (Å²) in [4.78, 5) is 0. The van der Waals surface area contributed by atoms with E-state index in [0.29, 0.717) is 0 Å². The van der Waals surface area contributed by atoms with Gasteiger partial charge in [-0.3, -0.25) is 0 Å². The minimum Gasteiger partial charge on any atom is -0.369 e. The second-order valence-electron chi connectivity index (χ2n) is 10.4. The van der Waals surface area contributed by atoms with Gasteiger partial charge in [-0.2, -0.15) is 105 Å². The first-order valence-corrected chi connectivity index (χ1v) is 12.1. The monoisotopic (exact) mass is 818 g/mol. The van der Waals surface area contributed by atoms with Crippen molar-refractivity contribution in [1.82, 2.24) is 0 Å². The number of rotatable bonds is 5. The highest BCUT2D eigenvalue weighted by Gasteiger charge is 2.76. The fraction of sp³-hybridized carbons (Fsp3) is 0.500. The van der Waals surface area contributed by atoms with E-state index in [1.165, 1.54) is 0 Å². The molecule has 0 radical (unpaired) electrons. The topological polar surface area (TPSA) is 80.9 Å². The number of halogens is 24. The van der Waals surface area contributed by atoms with Crippen molar-refractivity contribution in [2.45, 2.75) is 71.8 Å². The Morgan fingerprint density at radius 3 is 0.442 bits per heavy atom. The van der Waals surface area contributed by atoms with E-state index in [2.05, 4.69) is 0 Å². The summed E-state index contributed by atoms with van der Waals surface area (Å²) in [6.45, 7) is 0. The van der Waals surface area contributed by atoms with Crippen LogP contribution < -0.4 is 0 Å². The largest absolute Gasteiger partial charge is 0.430 e. The molecule has 4 N–H and O–H groups in total. The Kier molecular flexibility index (Phi) is 10.4. The maximum Gasteiger partial charge on any atom is 0.430 e. The zero-order valence-electron chi connectivity index (χ0n) is 23.3. The highest BCUT2D eigenvalue weighted by atomic mass is 19.4. The lowest BCUT2D eigenvalue weighted by atomic mass is 9.80. The Hall–Kier alpha value is -3.40. The molecule has 0 bridgehead atoms. The van der Waals surface area contributed by atoms with Gasteiger partial charge in [0.05, 0.1) is 0 Å². The molecular formula is C24H10F24O4. The Morgan fingerprint density at radius 2 is 0.346 bits per heavy atom. The molecule has 0 aromatic heterocycles. The van der Waals surface area contributed by atoms with Crippen molar-refractivity contribution in [1.29, 1.82) is 0 Å². The lowest BCUT2D eigenvalue weighted by Crippen LogP contribution is -2.56. The first kappa shape index (κ1) is 44.8. The Balaban J connectivity index is 3.56. The predicted molar refractivity (Wildman–Crippen MR) is 116 cm³/mol. The standard InChI is InChI=1S/C24H10F24O4/c25-17(26,27)13(49,18(28,29)30)9-1-7(2-10(5-9)14(50,19(31,32)33)20(34,35)36)8-3-11(15(51,21(37,38)39)22(40,41)42)6-12(4-8)16(52,23(43,44)45)24(46,47)48/h1-6,49-52H. The quantitative estimate of drug-likeness (QED) is 0.228. The number of hydrogen-bond acceptors (Lipinski definition) is 4. The molecule has 2 aromatic carbocycles. The van der Waals surface area contributed by atoms with Crippen LogP contribution in [0.1, 0.15) is 22.3 Å². The maximum atomic E-state index is 13.6. The molecule has 0 saturated heterocycles. The van der Waals surface area contributed by atoms with Crippen LogP contribution >= 0.6 is 0 Å². The first-order valence-electron chi connectivity index (χ1n) is 12.1. The molecule has 2 rings (SSSR count). The van der Waals surface area contributed by atoms with Crippen molar-refractivity contribution in [3.8, 4) is 11.1 Å². The van der Waals surface area contributed by atoms with Crippen LogP contribution in [0.4, 0.5) is 105 Å². The minimum atomic E-state index is -7.36. The van der Waals surface area contributed by atoms with Crippen LogP contribution in [-0.4, -0.2) is 69.8 Å². The van der Waals surface area contributed by atoms with Gasteiger partial charge in [-0.25, -0.2) is 0 Å². The summed E-state index contributed by atoms with van der Waals surface area (Å²) in [5.41, 5.74) is -46.0. The normalized spacial score (nSPS) is 15.7. The van der Waals surface area contributed by atoms with E-state index < -0.39 is 142 Å². The zero-order valence-corrected chi connectivity index (χ0v) is 23.3. The summed E-state index contributed by atoms with van der Waals surface area (Å²) in [6, 6.07) is -8.02. The van der Waals surface area contributed by atoms with Gasteiger partial charge in [0.2, 0.25) is 0 Å². The average molecular weight is 818 g/mol. The van der Waals surface area contributed by atoms with E-state index in [1.807, 2.05) is 0 Å². The zero-order chi connectivity index (χ0) is 41.7. The Labute approximate surface area is 268 Å². The van der Waals surface area contributed by atoms with Gasteiger partial charge in [0.1, 0.15) is 0 Å². The second-order valence-corrected chi connectivity index (χ2v) is 10.4. The molecular weight excluding hydrogens is 808 g/mol. The van der Waals surface area contributed by atoms with Gasteiger partial charge >= 0.3 is 49.4 Å². The van der Waals surface area contributed by atoms with Crippen LogP contribution in [0, 0.1) is 0 Å². The molecule has 0 fully saturated rings. The molecule has 298 valence electrons. The lowest BCUT2D eigenvalue weighted by molar-refractivity contribution is -0.379. The summed E-state index contributed by atoms with van der Waals surface area (Å²) < 4.78 is 327. The van der Waals surface area contributed by atoms with Crippen molar-refractivity contribution in [2.75, 3.05) is 0 Å². The van der Waals surface area contributed by atoms with Crippen LogP contribution in [0.5, 0.6) is 0 Å². The number of benzene rings is 2. The van der Waals surface area contributed by atoms with Gasteiger partial charge < -0.3 is 20.4 Å². The highest BCUT2D eigenvalue weighted by molar-refractivity contribution is 5.69. The van der Waals surface area contributed by atoms with Crippen LogP contribution in [0.25, 0.3) is 11.1 Å². The number of alkyl halides is 24. The number of aliphatic hydroxyl groups is 4. The molecule has 28 heteroatoms. The third-order valence-electron chi connectivity index (χ3n) is 7.15. The third kappa shape index (κ3) is 6.66. The fourth-order valence-corrected chi connectivity index (χ4v) is 4.38. The fourth-order valence-electron chi connectivity index (χ4n) is 4.38. The third-order valence-corrected chi connectivity index (χ3v) is 7.15.